The SMILES string of the molecule is Cc1ccc(-n2cnnc2)c(C(=O)N2CC(CC(F)F)C2)c1. The Kier molecular flexibility index (Phi) is 3.87. The maximum Gasteiger partial charge on any atom is 0.256 e. The van der Waals surface area contributed by atoms with Crippen molar-refractivity contribution in [3.05, 3.63) is 42.0 Å². The number of rotatable bonds is 4. The highest BCUT2D eigenvalue weighted by atomic mass is 19.3. The van der Waals surface area contributed by atoms with E-state index in [4.69, 9.17) is 0 Å². The molecule has 2 aromatic rings. The Morgan fingerprint density at radius 1 is 1.32 bits per heavy atom. The highest BCUT2D eigenvalue weighted by Crippen LogP contribution is 2.26. The minimum absolute atomic E-state index is 0.105. The number of likely N-dealkylation sites (tertiary alicyclic amines) is 1. The van der Waals surface area contributed by atoms with E-state index in [1.165, 1.54) is 12.7 Å². The summed E-state index contributed by atoms with van der Waals surface area (Å²) in [6.07, 6.45) is 0.596. The molecule has 3 rings (SSSR count). The van der Waals surface area contributed by atoms with Gasteiger partial charge in [-0.15, -0.1) is 10.2 Å². The fraction of sp³-hybridized carbons (Fsp3) is 0.400. The summed E-state index contributed by atoms with van der Waals surface area (Å²) in [5.41, 5.74) is 2.19. The monoisotopic (exact) mass is 306 g/mol. The van der Waals surface area contributed by atoms with Gasteiger partial charge >= 0.3 is 0 Å². The van der Waals surface area contributed by atoms with Crippen molar-refractivity contribution in [2.45, 2.75) is 19.8 Å². The first-order valence-electron chi connectivity index (χ1n) is 7.07. The van der Waals surface area contributed by atoms with E-state index in [9.17, 15) is 13.6 Å². The van der Waals surface area contributed by atoms with Crippen LogP contribution in [0.1, 0.15) is 22.3 Å². The van der Waals surface area contributed by atoms with Crippen molar-refractivity contribution in [2.24, 2.45) is 5.92 Å². The number of nitrogens with zero attached hydrogens (tertiary/aromatic N) is 4. The Hall–Kier alpha value is -2.31. The topological polar surface area (TPSA) is 51.0 Å². The van der Waals surface area contributed by atoms with Crippen LogP contribution in [0.4, 0.5) is 8.78 Å². The van der Waals surface area contributed by atoms with Gasteiger partial charge in [0.25, 0.3) is 5.91 Å². The Morgan fingerprint density at radius 2 is 2.00 bits per heavy atom. The van der Waals surface area contributed by atoms with Gasteiger partial charge in [-0.3, -0.25) is 9.36 Å². The van der Waals surface area contributed by atoms with Crippen molar-refractivity contribution in [2.75, 3.05) is 13.1 Å². The summed E-state index contributed by atoms with van der Waals surface area (Å²) in [5, 5.41) is 7.50. The normalized spacial score (nSPS) is 15.2. The van der Waals surface area contributed by atoms with Crippen LogP contribution in [-0.4, -0.2) is 45.1 Å². The molecule has 1 aliphatic heterocycles. The molecule has 1 aromatic heterocycles. The lowest BCUT2D eigenvalue weighted by atomic mass is 9.95. The van der Waals surface area contributed by atoms with Crippen molar-refractivity contribution in [1.29, 1.82) is 0 Å². The zero-order valence-corrected chi connectivity index (χ0v) is 12.1. The second-order valence-electron chi connectivity index (χ2n) is 5.59. The molecule has 1 saturated heterocycles. The van der Waals surface area contributed by atoms with Crippen LogP contribution in [0.15, 0.2) is 30.9 Å². The maximum atomic E-state index is 12.6. The van der Waals surface area contributed by atoms with E-state index in [2.05, 4.69) is 10.2 Å². The van der Waals surface area contributed by atoms with Crippen LogP contribution in [0.2, 0.25) is 0 Å². The number of aromatic nitrogens is 3. The van der Waals surface area contributed by atoms with Crippen LogP contribution in [-0.2, 0) is 0 Å². The van der Waals surface area contributed by atoms with E-state index in [0.717, 1.165) is 5.56 Å². The van der Waals surface area contributed by atoms with Crippen LogP contribution in [0.5, 0.6) is 0 Å². The zero-order chi connectivity index (χ0) is 15.7. The fourth-order valence-corrected chi connectivity index (χ4v) is 2.68. The molecule has 1 aromatic carbocycles. The molecule has 0 atom stereocenters. The lowest BCUT2D eigenvalue weighted by Gasteiger charge is -2.39. The summed E-state index contributed by atoms with van der Waals surface area (Å²) in [6, 6.07) is 5.54. The van der Waals surface area contributed by atoms with E-state index >= 15 is 0 Å². The quantitative estimate of drug-likeness (QED) is 0.871. The summed E-state index contributed by atoms with van der Waals surface area (Å²) in [7, 11) is 0. The summed E-state index contributed by atoms with van der Waals surface area (Å²) in [5.74, 6) is -0.245. The molecule has 1 fully saturated rings. The summed E-state index contributed by atoms with van der Waals surface area (Å²) < 4.78 is 26.3. The van der Waals surface area contributed by atoms with Crippen LogP contribution in [0.3, 0.4) is 0 Å². The van der Waals surface area contributed by atoms with Crippen LogP contribution in [0, 0.1) is 12.8 Å². The van der Waals surface area contributed by atoms with E-state index in [1.54, 1.807) is 15.5 Å². The molecule has 0 N–H and O–H groups in total. The minimum atomic E-state index is -2.31. The molecule has 0 radical (unpaired) electrons. The average Bonchev–Trinajstić information content (AvgIpc) is 2.95. The Labute approximate surface area is 126 Å². The van der Waals surface area contributed by atoms with Crippen molar-refractivity contribution in [3.63, 3.8) is 0 Å². The van der Waals surface area contributed by atoms with E-state index in [0.29, 0.717) is 24.3 Å². The zero-order valence-electron chi connectivity index (χ0n) is 12.1. The fourth-order valence-electron chi connectivity index (χ4n) is 2.68. The highest BCUT2D eigenvalue weighted by molar-refractivity contribution is 5.98. The summed E-state index contributed by atoms with van der Waals surface area (Å²) >= 11 is 0. The van der Waals surface area contributed by atoms with Gasteiger partial charge in [-0.2, -0.15) is 0 Å². The molecule has 22 heavy (non-hydrogen) atoms. The van der Waals surface area contributed by atoms with E-state index in [1.807, 2.05) is 19.1 Å². The standard InChI is InChI=1S/C15H16F2N4O/c1-10-2-3-13(21-8-18-19-9-21)12(4-10)15(22)20-6-11(7-20)5-14(16)17/h2-4,8-9,11,14H,5-7H2,1H3. The Bertz CT molecular complexity index is 666. The number of alkyl halides is 2. The largest absolute Gasteiger partial charge is 0.338 e. The Morgan fingerprint density at radius 3 is 2.64 bits per heavy atom. The van der Waals surface area contributed by atoms with E-state index < -0.39 is 6.43 Å². The number of amides is 1. The van der Waals surface area contributed by atoms with Crippen LogP contribution >= 0.6 is 0 Å². The van der Waals surface area contributed by atoms with Gasteiger partial charge in [-0.25, -0.2) is 8.78 Å². The molecule has 1 amide bonds. The van der Waals surface area contributed by atoms with E-state index in [-0.39, 0.29) is 18.2 Å². The highest BCUT2D eigenvalue weighted by Gasteiger charge is 2.33. The second-order valence-corrected chi connectivity index (χ2v) is 5.59. The average molecular weight is 306 g/mol. The molecular weight excluding hydrogens is 290 g/mol. The van der Waals surface area contributed by atoms with Gasteiger partial charge in [0.15, 0.2) is 0 Å². The molecule has 0 saturated carbocycles. The third-order valence-corrected chi connectivity index (χ3v) is 3.84. The van der Waals surface area contributed by atoms with Gasteiger partial charge in [0.05, 0.1) is 11.3 Å². The number of aryl methyl sites for hydroxylation is 1. The first-order chi connectivity index (χ1) is 10.5. The van der Waals surface area contributed by atoms with Gasteiger partial charge in [-0.05, 0) is 25.0 Å². The Balaban J connectivity index is 1.80. The van der Waals surface area contributed by atoms with Crippen LogP contribution in [0.25, 0.3) is 5.69 Å². The molecule has 0 unspecified atom stereocenters. The van der Waals surface area contributed by atoms with Crippen LogP contribution < -0.4 is 0 Å². The molecule has 0 aliphatic carbocycles. The number of carbonyl (C=O) groups excluding carboxylic acids is 1. The van der Waals surface area contributed by atoms with Gasteiger partial charge in [0, 0.05) is 19.5 Å². The van der Waals surface area contributed by atoms with Crippen molar-refractivity contribution in [1.82, 2.24) is 19.7 Å². The van der Waals surface area contributed by atoms with Crippen molar-refractivity contribution < 1.29 is 13.6 Å². The smallest absolute Gasteiger partial charge is 0.256 e. The maximum absolute atomic E-state index is 12.6. The predicted molar refractivity (Wildman–Crippen MR) is 76.1 cm³/mol. The summed E-state index contributed by atoms with van der Waals surface area (Å²) in [4.78, 5) is 14.2. The molecule has 0 bridgehead atoms. The summed E-state index contributed by atoms with van der Waals surface area (Å²) in [6.45, 7) is 2.68. The van der Waals surface area contributed by atoms with Gasteiger partial charge in [0.2, 0.25) is 6.43 Å². The number of hydrogen-bond donors (Lipinski definition) is 0. The number of carbonyl (C=O) groups is 1. The molecule has 7 heteroatoms. The molecule has 1 aliphatic rings. The van der Waals surface area contributed by atoms with Gasteiger partial charge < -0.3 is 4.90 Å². The lowest BCUT2D eigenvalue weighted by molar-refractivity contribution is 0.0280. The third kappa shape index (κ3) is 2.84. The molecule has 2 heterocycles. The number of benzene rings is 1. The first-order valence-corrected chi connectivity index (χ1v) is 7.07. The number of halogens is 2. The first kappa shape index (κ1) is 14.6. The van der Waals surface area contributed by atoms with Gasteiger partial charge in [0.1, 0.15) is 12.7 Å². The van der Waals surface area contributed by atoms with Crippen molar-refractivity contribution in [3.8, 4) is 5.69 Å². The predicted octanol–water partition coefficient (Wildman–Crippen LogP) is 2.30. The molecule has 5 nitrogen and oxygen atoms in total. The molecule has 116 valence electrons. The minimum Gasteiger partial charge on any atom is -0.338 e. The van der Waals surface area contributed by atoms with Gasteiger partial charge in [-0.1, -0.05) is 11.6 Å². The van der Waals surface area contributed by atoms with Crippen molar-refractivity contribution >= 4 is 5.91 Å². The lowest BCUT2D eigenvalue weighted by Crippen LogP contribution is -2.50. The molecule has 0 spiro atoms. The molecular formula is C15H16F2N4O. The number of hydrogen-bond acceptors (Lipinski definition) is 3. The second kappa shape index (κ2) is 5.82. The third-order valence-electron chi connectivity index (χ3n) is 3.84.